The van der Waals surface area contributed by atoms with Gasteiger partial charge in [0.05, 0.1) is 37.5 Å². The zero-order valence-electron chi connectivity index (χ0n) is 45.0. The van der Waals surface area contributed by atoms with Gasteiger partial charge in [-0.1, -0.05) is 135 Å². The number of hydrogen-bond donors (Lipinski definition) is 9. The van der Waals surface area contributed by atoms with Gasteiger partial charge in [0.25, 0.3) is 0 Å². The summed E-state index contributed by atoms with van der Waals surface area (Å²) in [7, 11) is 0. The van der Waals surface area contributed by atoms with Crippen LogP contribution >= 0.6 is 0 Å². The number of rotatable bonds is 21. The number of fused-ring (bicyclic) bond motifs is 1. The molecule has 4 aliphatic heterocycles. The van der Waals surface area contributed by atoms with Crippen LogP contribution in [-0.4, -0.2) is 179 Å². The second-order valence-electron chi connectivity index (χ2n) is 20.4. The van der Waals surface area contributed by atoms with Crippen molar-refractivity contribution in [1.82, 2.24) is 16.0 Å². The minimum atomic E-state index is -1.96. The molecule has 20 atom stereocenters. The van der Waals surface area contributed by atoms with Gasteiger partial charge < -0.3 is 98.7 Å². The van der Waals surface area contributed by atoms with Crippen molar-refractivity contribution >= 4 is 18.3 Å². The average Bonchev–Trinajstić information content (AvgIpc) is 3.74. The van der Waals surface area contributed by atoms with Crippen LogP contribution in [0.5, 0.6) is 0 Å². The van der Waals surface area contributed by atoms with E-state index < -0.39 is 154 Å². The molecule has 4 aromatic rings. The zero-order chi connectivity index (χ0) is 57.7. The Bertz CT molecular complexity index is 2600. The number of hydrogen-bond acceptors (Lipinski definition) is 22. The Labute approximate surface area is 472 Å². The average molecular weight is 1150 g/mol. The molecular formula is C57H71N3O22. The number of alkyl carbamates (subject to hydrolysis) is 3. The third kappa shape index (κ3) is 15.2. The molecule has 25 heteroatoms. The number of amides is 3. The number of ether oxygens (including phenoxy) is 11. The summed E-state index contributed by atoms with van der Waals surface area (Å²) in [6.07, 6.45) is -26.6. The molecule has 0 radical (unpaired) electrons. The van der Waals surface area contributed by atoms with Gasteiger partial charge in [-0.3, -0.25) is 0 Å². The van der Waals surface area contributed by atoms with E-state index in [4.69, 9.17) is 61.9 Å². The standard InChI is InChI=1S/C57H71N3O22/c1-3-38-43(64)44(65)40(60-57(69)73-29-34-20-12-6-13-21-34)52(75-38)80-49-45(66)53(81-54(49)82-74-25-24-61)79-48-42(63)36(58-55(67)71-27-32-16-8-4-9-17-32)26-37(59-56(68)72-28-33-18-10-5-11-19-33)46(48)77-50-31(2)41(62)47-39(76-50)30-70-51(78-47)35-22-14-7-15-23-35/h4-23,31,36-54,61-66H,3,24-30H2,1-2H3,(H,58,67)(H,59,68)(H,60,69). The first-order chi connectivity index (χ1) is 39.8. The van der Waals surface area contributed by atoms with Gasteiger partial charge in [-0.05, 0) is 29.5 Å². The number of carbonyl (C=O) groups excluding carboxylic acids is 3. The van der Waals surface area contributed by atoms with Gasteiger partial charge in [0.2, 0.25) is 6.29 Å². The molecule has 0 spiro atoms. The Kier molecular flexibility index (Phi) is 21.5. The van der Waals surface area contributed by atoms with Crippen LogP contribution < -0.4 is 16.0 Å². The molecular weight excluding hydrogens is 1080 g/mol. The topological polar surface area (TPSA) is 329 Å². The molecule has 5 aliphatic rings. The molecule has 4 aromatic carbocycles. The molecule has 9 N–H and O–H groups in total. The van der Waals surface area contributed by atoms with E-state index >= 15 is 0 Å². The fourth-order valence-corrected chi connectivity index (χ4v) is 10.3. The van der Waals surface area contributed by atoms with E-state index in [-0.39, 0.29) is 39.3 Å². The van der Waals surface area contributed by atoms with Crippen molar-refractivity contribution in [2.45, 2.75) is 163 Å². The largest absolute Gasteiger partial charge is 0.445 e. The lowest BCUT2D eigenvalue weighted by Gasteiger charge is -2.50. The summed E-state index contributed by atoms with van der Waals surface area (Å²) in [5.41, 5.74) is 2.70. The molecule has 20 unspecified atom stereocenters. The van der Waals surface area contributed by atoms with Crippen molar-refractivity contribution in [3.05, 3.63) is 144 Å². The fourth-order valence-electron chi connectivity index (χ4n) is 10.3. The highest BCUT2D eigenvalue weighted by Gasteiger charge is 2.57. The summed E-state index contributed by atoms with van der Waals surface area (Å²) < 4.78 is 67.3. The van der Waals surface area contributed by atoms with E-state index in [2.05, 4.69) is 16.0 Å². The molecule has 0 bridgehead atoms. The van der Waals surface area contributed by atoms with Crippen LogP contribution in [0.15, 0.2) is 121 Å². The van der Waals surface area contributed by atoms with Crippen LogP contribution in [0.25, 0.3) is 0 Å². The molecule has 446 valence electrons. The molecule has 9 rings (SSSR count). The predicted molar refractivity (Wildman–Crippen MR) is 279 cm³/mol. The van der Waals surface area contributed by atoms with Crippen LogP contribution in [0.4, 0.5) is 14.4 Å². The van der Waals surface area contributed by atoms with Crippen molar-refractivity contribution in [1.29, 1.82) is 0 Å². The molecule has 82 heavy (non-hydrogen) atoms. The number of aliphatic hydroxyl groups is 6. The maximum absolute atomic E-state index is 13.9. The first-order valence-electron chi connectivity index (χ1n) is 27.2. The highest BCUT2D eigenvalue weighted by atomic mass is 17.2. The minimum Gasteiger partial charge on any atom is -0.445 e. The zero-order valence-corrected chi connectivity index (χ0v) is 45.0. The second kappa shape index (κ2) is 29.0. The monoisotopic (exact) mass is 1150 g/mol. The number of nitrogens with one attached hydrogen (secondary N) is 3. The van der Waals surface area contributed by atoms with E-state index in [9.17, 15) is 45.0 Å². The number of carbonyl (C=O) groups is 3. The molecule has 4 heterocycles. The van der Waals surface area contributed by atoms with E-state index in [1.54, 1.807) is 105 Å². The molecule has 3 amide bonds. The van der Waals surface area contributed by atoms with Gasteiger partial charge in [0, 0.05) is 11.5 Å². The SMILES string of the molecule is CCC1OC(OC2C(OOCCO)OC(OC3C(O)C(NC(=O)OCc4ccccc4)CC(NC(=O)OCc4ccccc4)C3OC3OC4COC(c5ccccc5)OC4C(O)C3C)C2O)C(NC(=O)OCc2ccccc2)C(O)C1O. The number of benzene rings is 4. The summed E-state index contributed by atoms with van der Waals surface area (Å²) in [6, 6.07) is 31.5. The highest BCUT2D eigenvalue weighted by molar-refractivity contribution is 5.69. The first kappa shape index (κ1) is 60.6. The summed E-state index contributed by atoms with van der Waals surface area (Å²) in [6.45, 7) is 1.90. The van der Waals surface area contributed by atoms with E-state index in [1.807, 2.05) is 30.3 Å². The molecule has 25 nitrogen and oxygen atoms in total. The van der Waals surface area contributed by atoms with Crippen molar-refractivity contribution in [3.8, 4) is 0 Å². The van der Waals surface area contributed by atoms with Crippen LogP contribution in [0, 0.1) is 5.92 Å². The van der Waals surface area contributed by atoms with Crippen LogP contribution in [-0.2, 0) is 81.7 Å². The predicted octanol–water partition coefficient (Wildman–Crippen LogP) is 2.47. The molecule has 4 saturated heterocycles. The second-order valence-corrected chi connectivity index (χ2v) is 20.4. The minimum absolute atomic E-state index is 0.0418. The molecule has 1 aliphatic carbocycles. The van der Waals surface area contributed by atoms with Crippen LogP contribution in [0.2, 0.25) is 0 Å². The van der Waals surface area contributed by atoms with Gasteiger partial charge in [0.1, 0.15) is 87.4 Å². The smallest absolute Gasteiger partial charge is 0.407 e. The normalized spacial score (nSPS) is 34.4. The first-order valence-corrected chi connectivity index (χ1v) is 27.2. The van der Waals surface area contributed by atoms with Crippen LogP contribution in [0.3, 0.4) is 0 Å². The Morgan fingerprint density at radius 1 is 0.549 bits per heavy atom. The maximum atomic E-state index is 13.9. The van der Waals surface area contributed by atoms with Gasteiger partial charge in [-0.15, -0.1) is 0 Å². The lowest BCUT2D eigenvalue weighted by molar-refractivity contribution is -0.407. The van der Waals surface area contributed by atoms with E-state index in [0.717, 1.165) is 5.56 Å². The van der Waals surface area contributed by atoms with Gasteiger partial charge in [-0.2, -0.15) is 0 Å². The Hall–Kier alpha value is -5.95. The summed E-state index contributed by atoms with van der Waals surface area (Å²) in [4.78, 5) is 51.5. The van der Waals surface area contributed by atoms with Crippen molar-refractivity contribution < 1.29 is 107 Å². The quantitative estimate of drug-likeness (QED) is 0.0250. The van der Waals surface area contributed by atoms with Crippen molar-refractivity contribution in [3.63, 3.8) is 0 Å². The Morgan fingerprint density at radius 2 is 1.09 bits per heavy atom. The van der Waals surface area contributed by atoms with Gasteiger partial charge in [-0.25, -0.2) is 24.2 Å². The third-order valence-corrected chi connectivity index (χ3v) is 14.7. The summed E-state index contributed by atoms with van der Waals surface area (Å²) >= 11 is 0. The molecule has 0 aromatic heterocycles. The third-order valence-electron chi connectivity index (χ3n) is 14.7. The maximum Gasteiger partial charge on any atom is 0.407 e. The van der Waals surface area contributed by atoms with E-state index in [1.165, 1.54) is 0 Å². The van der Waals surface area contributed by atoms with Gasteiger partial charge in [0.15, 0.2) is 25.2 Å². The lowest BCUT2D eigenvalue weighted by Crippen LogP contribution is -2.68. The van der Waals surface area contributed by atoms with E-state index in [0.29, 0.717) is 16.7 Å². The van der Waals surface area contributed by atoms with Gasteiger partial charge >= 0.3 is 18.3 Å². The number of aliphatic hydroxyl groups excluding tert-OH is 6. The fraction of sp³-hybridized carbons (Fsp3) is 0.526. The van der Waals surface area contributed by atoms with Crippen LogP contribution in [0.1, 0.15) is 55.2 Å². The molecule has 5 fully saturated rings. The summed E-state index contributed by atoms with van der Waals surface area (Å²) in [5, 5.41) is 76.9. The molecule has 1 saturated carbocycles. The Balaban J connectivity index is 1.00. The lowest BCUT2D eigenvalue weighted by atomic mass is 9.83. The van der Waals surface area contributed by atoms with Crippen molar-refractivity contribution in [2.24, 2.45) is 5.92 Å². The Morgan fingerprint density at radius 3 is 1.66 bits per heavy atom. The highest BCUT2D eigenvalue weighted by Crippen LogP contribution is 2.40. The van der Waals surface area contributed by atoms with Crippen molar-refractivity contribution in [2.75, 3.05) is 19.8 Å². The summed E-state index contributed by atoms with van der Waals surface area (Å²) in [5.74, 6) is -0.871.